The van der Waals surface area contributed by atoms with Crippen molar-refractivity contribution in [1.82, 2.24) is 20.3 Å². The largest absolute Gasteiger partial charge is 0.489 e. The van der Waals surface area contributed by atoms with Crippen molar-refractivity contribution in [3.8, 4) is 5.75 Å². The van der Waals surface area contributed by atoms with Crippen LogP contribution in [0.5, 0.6) is 5.75 Å². The van der Waals surface area contributed by atoms with Gasteiger partial charge in [-0.1, -0.05) is 12.1 Å². The van der Waals surface area contributed by atoms with Crippen LogP contribution in [0.2, 0.25) is 0 Å². The second kappa shape index (κ2) is 13.4. The molecule has 0 bridgehead atoms. The topological polar surface area (TPSA) is 105 Å². The van der Waals surface area contributed by atoms with Crippen LogP contribution in [0.15, 0.2) is 58.7 Å². The number of aromatic nitrogens is 1. The number of ether oxygens (including phenoxy) is 1. The molecule has 0 saturated carbocycles. The van der Waals surface area contributed by atoms with Crippen LogP contribution in [0.1, 0.15) is 19.4 Å². The molecule has 0 fully saturated rings. The van der Waals surface area contributed by atoms with Crippen molar-refractivity contribution in [3.05, 3.63) is 54.4 Å². The van der Waals surface area contributed by atoms with E-state index < -0.39 is 10.0 Å². The highest BCUT2D eigenvalue weighted by atomic mass is 127. The third-order valence-electron chi connectivity index (χ3n) is 3.83. The number of hydrogen-bond donors (Lipinski definition) is 3. The molecule has 8 nitrogen and oxygen atoms in total. The summed E-state index contributed by atoms with van der Waals surface area (Å²) < 4.78 is 32.8. The zero-order chi connectivity index (χ0) is 21.1. The lowest BCUT2D eigenvalue weighted by Crippen LogP contribution is -2.42. The molecule has 1 aromatic carbocycles. The summed E-state index contributed by atoms with van der Waals surface area (Å²) in [5, 5.41) is 6.25. The first kappa shape index (κ1) is 26.1. The fourth-order valence-corrected chi connectivity index (χ4v) is 3.47. The lowest BCUT2D eigenvalue weighted by Gasteiger charge is -2.15. The summed E-state index contributed by atoms with van der Waals surface area (Å²) in [6, 6.07) is 11.0. The van der Waals surface area contributed by atoms with Crippen LogP contribution in [0, 0.1) is 6.92 Å². The van der Waals surface area contributed by atoms with E-state index in [1.54, 1.807) is 6.07 Å². The molecule has 30 heavy (non-hydrogen) atoms. The summed E-state index contributed by atoms with van der Waals surface area (Å²) in [4.78, 5) is 8.48. The predicted octanol–water partition coefficient (Wildman–Crippen LogP) is 2.31. The highest BCUT2D eigenvalue weighted by molar-refractivity contribution is 14.0. The monoisotopic (exact) mass is 547 g/mol. The molecule has 1 unspecified atom stereocenters. The van der Waals surface area contributed by atoms with E-state index in [0.717, 1.165) is 11.3 Å². The molecule has 0 aliphatic heterocycles. The Morgan fingerprint density at radius 3 is 2.67 bits per heavy atom. The van der Waals surface area contributed by atoms with Gasteiger partial charge in [-0.15, -0.1) is 24.0 Å². The maximum Gasteiger partial charge on any atom is 0.242 e. The summed E-state index contributed by atoms with van der Waals surface area (Å²) in [5.41, 5.74) is 1.14. The Morgan fingerprint density at radius 2 is 2.00 bits per heavy atom. The van der Waals surface area contributed by atoms with Gasteiger partial charge in [0.05, 0.1) is 6.54 Å². The van der Waals surface area contributed by atoms with Gasteiger partial charge in [0, 0.05) is 32.0 Å². The number of rotatable bonds is 10. The van der Waals surface area contributed by atoms with Gasteiger partial charge in [-0.25, -0.2) is 18.1 Å². The molecule has 166 valence electrons. The number of aryl methyl sites for hydroxylation is 1. The molecular weight excluding hydrogens is 517 g/mol. The molecule has 0 spiro atoms. The van der Waals surface area contributed by atoms with Gasteiger partial charge in [-0.05, 0) is 50.6 Å². The Balaban J connectivity index is 0.00000450. The molecule has 0 saturated heterocycles. The minimum Gasteiger partial charge on any atom is -0.489 e. The van der Waals surface area contributed by atoms with Gasteiger partial charge < -0.3 is 15.4 Å². The zero-order valence-electron chi connectivity index (χ0n) is 17.5. The van der Waals surface area contributed by atoms with Crippen molar-refractivity contribution in [3.63, 3.8) is 0 Å². The SMILES string of the molecule is CCNC(=NCC(C)Oc1cccc(C)c1)NCCNS(=O)(=O)c1cccnc1.I. The molecule has 0 radical (unpaired) electrons. The van der Waals surface area contributed by atoms with Gasteiger partial charge in [-0.2, -0.15) is 0 Å². The van der Waals surface area contributed by atoms with Crippen LogP contribution in [-0.4, -0.2) is 51.6 Å². The maximum atomic E-state index is 12.2. The van der Waals surface area contributed by atoms with E-state index in [0.29, 0.717) is 25.6 Å². The number of guanidine groups is 1. The first-order valence-corrected chi connectivity index (χ1v) is 11.0. The molecule has 10 heteroatoms. The summed E-state index contributed by atoms with van der Waals surface area (Å²) in [7, 11) is -3.57. The van der Waals surface area contributed by atoms with Crippen molar-refractivity contribution >= 4 is 40.0 Å². The highest BCUT2D eigenvalue weighted by Gasteiger charge is 2.12. The second-order valence-electron chi connectivity index (χ2n) is 6.48. The van der Waals surface area contributed by atoms with Crippen LogP contribution < -0.4 is 20.1 Å². The Kier molecular flexibility index (Phi) is 11.7. The average molecular weight is 547 g/mol. The number of nitrogens with zero attached hydrogens (tertiary/aromatic N) is 2. The number of aliphatic imine (C=N–C) groups is 1. The van der Waals surface area contributed by atoms with E-state index in [1.165, 1.54) is 18.5 Å². The normalized spacial score (nSPS) is 12.6. The molecule has 2 rings (SSSR count). The van der Waals surface area contributed by atoms with E-state index >= 15 is 0 Å². The number of benzene rings is 1. The van der Waals surface area contributed by atoms with Gasteiger partial charge in [0.2, 0.25) is 10.0 Å². The smallest absolute Gasteiger partial charge is 0.242 e. The second-order valence-corrected chi connectivity index (χ2v) is 8.24. The lowest BCUT2D eigenvalue weighted by molar-refractivity contribution is 0.230. The Hall–Kier alpha value is -1.92. The van der Waals surface area contributed by atoms with Gasteiger partial charge in [0.1, 0.15) is 16.7 Å². The molecule has 0 aliphatic rings. The maximum absolute atomic E-state index is 12.2. The van der Waals surface area contributed by atoms with Crippen molar-refractivity contribution < 1.29 is 13.2 Å². The van der Waals surface area contributed by atoms with Crippen molar-refractivity contribution in [1.29, 1.82) is 0 Å². The fourth-order valence-electron chi connectivity index (χ4n) is 2.48. The summed E-state index contributed by atoms with van der Waals surface area (Å²) >= 11 is 0. The standard InChI is InChI=1S/C20H29N5O3S.HI/c1-4-22-20(24-14-17(3)28-18-8-5-7-16(2)13-18)23-11-12-25-29(26,27)19-9-6-10-21-15-19;/h5-10,13,15,17,25H,4,11-12,14H2,1-3H3,(H2,22,23,24);1H. The number of nitrogens with one attached hydrogen (secondary N) is 3. The minimum atomic E-state index is -3.57. The number of halogens is 1. The van der Waals surface area contributed by atoms with Crippen molar-refractivity contribution in [2.75, 3.05) is 26.2 Å². The fraction of sp³-hybridized carbons (Fsp3) is 0.400. The van der Waals surface area contributed by atoms with Gasteiger partial charge >= 0.3 is 0 Å². The van der Waals surface area contributed by atoms with Crippen molar-refractivity contribution in [2.45, 2.75) is 31.8 Å². The van der Waals surface area contributed by atoms with Crippen LogP contribution in [0.4, 0.5) is 0 Å². The van der Waals surface area contributed by atoms with E-state index in [4.69, 9.17) is 4.74 Å². The van der Waals surface area contributed by atoms with Crippen LogP contribution in [-0.2, 0) is 10.0 Å². The average Bonchev–Trinajstić information content (AvgIpc) is 2.70. The molecule has 3 N–H and O–H groups in total. The number of pyridine rings is 1. The molecule has 1 heterocycles. The van der Waals surface area contributed by atoms with Gasteiger partial charge in [0.15, 0.2) is 5.96 Å². The Labute approximate surface area is 196 Å². The number of sulfonamides is 1. The summed E-state index contributed by atoms with van der Waals surface area (Å²) in [6.07, 6.45) is 2.75. The highest BCUT2D eigenvalue weighted by Crippen LogP contribution is 2.14. The van der Waals surface area contributed by atoms with E-state index in [1.807, 2.05) is 45.0 Å². The molecule has 0 amide bonds. The van der Waals surface area contributed by atoms with Crippen LogP contribution in [0.25, 0.3) is 0 Å². The zero-order valence-corrected chi connectivity index (χ0v) is 20.6. The third-order valence-corrected chi connectivity index (χ3v) is 5.28. The van der Waals surface area contributed by atoms with Crippen molar-refractivity contribution in [2.24, 2.45) is 4.99 Å². The number of hydrogen-bond acceptors (Lipinski definition) is 5. The molecular formula is C20H30IN5O3S. The first-order valence-electron chi connectivity index (χ1n) is 9.56. The van der Waals surface area contributed by atoms with Gasteiger partial charge in [0.25, 0.3) is 0 Å². The minimum absolute atomic E-state index is 0. The summed E-state index contributed by atoms with van der Waals surface area (Å²) in [5.74, 6) is 1.42. The quantitative estimate of drug-likeness (QED) is 0.183. The lowest BCUT2D eigenvalue weighted by atomic mass is 10.2. The Morgan fingerprint density at radius 1 is 1.20 bits per heavy atom. The Bertz CT molecular complexity index is 894. The molecule has 0 aliphatic carbocycles. The summed E-state index contributed by atoms with van der Waals surface area (Å²) in [6.45, 7) is 7.71. The third kappa shape index (κ3) is 9.26. The van der Waals surface area contributed by atoms with E-state index in [-0.39, 0.29) is 41.5 Å². The van der Waals surface area contributed by atoms with Gasteiger partial charge in [-0.3, -0.25) is 4.98 Å². The molecule has 1 atom stereocenters. The van der Waals surface area contributed by atoms with Crippen LogP contribution >= 0.6 is 24.0 Å². The molecule has 2 aromatic rings. The first-order chi connectivity index (χ1) is 13.9. The van der Waals surface area contributed by atoms with E-state index in [9.17, 15) is 8.42 Å². The van der Waals surface area contributed by atoms with E-state index in [2.05, 4.69) is 25.3 Å². The predicted molar refractivity (Wildman–Crippen MR) is 130 cm³/mol. The van der Waals surface area contributed by atoms with Crippen LogP contribution in [0.3, 0.4) is 0 Å². The molecule has 1 aromatic heterocycles.